The first-order valence-electron chi connectivity index (χ1n) is 8.97. The zero-order chi connectivity index (χ0) is 19.7. The van der Waals surface area contributed by atoms with E-state index < -0.39 is 0 Å². The molecule has 8 nitrogen and oxygen atoms in total. The van der Waals surface area contributed by atoms with Crippen molar-refractivity contribution in [1.82, 2.24) is 30.0 Å². The molecule has 1 aromatic carbocycles. The zero-order valence-electron chi connectivity index (χ0n) is 15.8. The summed E-state index contributed by atoms with van der Waals surface area (Å²) in [4.78, 5) is 23.3. The number of fused-ring (bicyclic) bond motifs is 1. The number of aromatic amines is 1. The van der Waals surface area contributed by atoms with Gasteiger partial charge in [-0.15, -0.1) is 0 Å². The summed E-state index contributed by atoms with van der Waals surface area (Å²) in [7, 11) is 0. The summed E-state index contributed by atoms with van der Waals surface area (Å²) >= 11 is 1.52. The minimum atomic E-state index is -0.215. The SMILES string of the molecule is C=C1NC(=O)N(Cc2ccc(C)cc2)c2nc(CSc3ncn[nH]3)n(CC)c21. The first-order chi connectivity index (χ1) is 13.6. The average molecular weight is 395 g/mol. The molecule has 144 valence electrons. The minimum absolute atomic E-state index is 0.215. The van der Waals surface area contributed by atoms with E-state index >= 15 is 0 Å². The molecule has 0 atom stereocenters. The van der Waals surface area contributed by atoms with E-state index in [0.717, 1.165) is 28.8 Å². The topological polar surface area (TPSA) is 91.7 Å². The number of aryl methyl sites for hydroxylation is 1. The lowest BCUT2D eigenvalue weighted by Gasteiger charge is -2.28. The molecule has 0 aliphatic carbocycles. The molecule has 3 heterocycles. The lowest BCUT2D eigenvalue weighted by molar-refractivity contribution is 0.249. The lowest BCUT2D eigenvalue weighted by Crippen LogP contribution is -2.43. The van der Waals surface area contributed by atoms with E-state index in [-0.39, 0.29) is 6.03 Å². The highest BCUT2D eigenvalue weighted by atomic mass is 32.2. The van der Waals surface area contributed by atoms with E-state index in [1.165, 1.54) is 23.7 Å². The number of carbonyl (C=O) groups is 1. The summed E-state index contributed by atoms with van der Waals surface area (Å²) < 4.78 is 2.09. The maximum Gasteiger partial charge on any atom is 0.327 e. The number of imidazole rings is 1. The Balaban J connectivity index is 1.67. The Kier molecular flexibility index (Phi) is 4.91. The fraction of sp³-hybridized carbons (Fsp3) is 0.263. The summed E-state index contributed by atoms with van der Waals surface area (Å²) in [6.07, 6.45) is 1.48. The number of anilines is 1. The standard InChI is InChI=1S/C19H21N7OS/c1-4-25-15(10-28-18-20-11-21-24-18)23-17-16(25)13(3)22-19(27)26(17)9-14-7-5-12(2)6-8-14/h5-8,11H,3-4,9-10H2,1-2H3,(H,22,27)(H,20,21,24). The molecule has 1 aliphatic rings. The Labute approximate surface area is 167 Å². The highest BCUT2D eigenvalue weighted by Crippen LogP contribution is 2.33. The third-order valence-electron chi connectivity index (χ3n) is 4.58. The number of nitrogens with zero attached hydrogens (tertiary/aromatic N) is 5. The highest BCUT2D eigenvalue weighted by molar-refractivity contribution is 7.98. The van der Waals surface area contributed by atoms with Crippen molar-refractivity contribution in [2.75, 3.05) is 4.90 Å². The zero-order valence-corrected chi connectivity index (χ0v) is 16.6. The molecule has 2 aromatic heterocycles. The maximum absolute atomic E-state index is 12.7. The number of carbonyl (C=O) groups excluding carboxylic acids is 1. The van der Waals surface area contributed by atoms with Gasteiger partial charge < -0.3 is 9.88 Å². The Morgan fingerprint density at radius 3 is 2.71 bits per heavy atom. The Bertz CT molecular complexity index is 1010. The van der Waals surface area contributed by atoms with Crippen LogP contribution in [0.3, 0.4) is 0 Å². The van der Waals surface area contributed by atoms with Crippen LogP contribution in [0.25, 0.3) is 5.70 Å². The van der Waals surface area contributed by atoms with Crippen LogP contribution in [-0.4, -0.2) is 30.8 Å². The Morgan fingerprint density at radius 2 is 2.04 bits per heavy atom. The van der Waals surface area contributed by atoms with Gasteiger partial charge in [-0.05, 0) is 19.4 Å². The molecule has 2 N–H and O–H groups in total. The number of rotatable bonds is 6. The van der Waals surface area contributed by atoms with Crippen LogP contribution >= 0.6 is 11.8 Å². The summed E-state index contributed by atoms with van der Waals surface area (Å²) in [5, 5.41) is 10.3. The number of thioether (sulfide) groups is 1. The van der Waals surface area contributed by atoms with Crippen molar-refractivity contribution in [3.8, 4) is 0 Å². The molecule has 0 fully saturated rings. The van der Waals surface area contributed by atoms with Crippen LogP contribution in [0.5, 0.6) is 0 Å². The van der Waals surface area contributed by atoms with Crippen molar-refractivity contribution >= 4 is 29.3 Å². The molecule has 9 heteroatoms. The molecule has 4 rings (SSSR count). The Hall–Kier alpha value is -3.07. The van der Waals surface area contributed by atoms with E-state index in [4.69, 9.17) is 4.98 Å². The van der Waals surface area contributed by atoms with Gasteiger partial charge in [-0.2, -0.15) is 5.10 Å². The summed E-state index contributed by atoms with van der Waals surface area (Å²) in [5.74, 6) is 2.11. The van der Waals surface area contributed by atoms with Crippen molar-refractivity contribution < 1.29 is 4.79 Å². The molecular weight excluding hydrogens is 374 g/mol. The molecule has 0 unspecified atom stereocenters. The maximum atomic E-state index is 12.7. The third kappa shape index (κ3) is 3.40. The fourth-order valence-electron chi connectivity index (χ4n) is 3.19. The molecule has 0 saturated heterocycles. The molecule has 1 aliphatic heterocycles. The predicted molar refractivity (Wildman–Crippen MR) is 109 cm³/mol. The van der Waals surface area contributed by atoms with Crippen LogP contribution in [-0.2, 0) is 18.8 Å². The molecular formula is C19H21N7OS. The molecule has 2 amide bonds. The average Bonchev–Trinajstić information content (AvgIpc) is 3.32. The van der Waals surface area contributed by atoms with E-state index in [9.17, 15) is 4.79 Å². The number of hydrogen-bond donors (Lipinski definition) is 2. The van der Waals surface area contributed by atoms with E-state index in [2.05, 4.69) is 38.6 Å². The van der Waals surface area contributed by atoms with Crippen LogP contribution in [0.4, 0.5) is 10.6 Å². The van der Waals surface area contributed by atoms with Crippen LogP contribution in [0, 0.1) is 6.92 Å². The quantitative estimate of drug-likeness (QED) is 0.625. The minimum Gasteiger partial charge on any atom is -0.325 e. The summed E-state index contributed by atoms with van der Waals surface area (Å²) in [5.41, 5.74) is 3.65. The monoisotopic (exact) mass is 395 g/mol. The van der Waals surface area contributed by atoms with Gasteiger partial charge >= 0.3 is 6.03 Å². The number of H-pyrrole nitrogens is 1. The highest BCUT2D eigenvalue weighted by Gasteiger charge is 2.32. The normalized spacial score (nSPS) is 13.6. The van der Waals surface area contributed by atoms with E-state index in [0.29, 0.717) is 23.8 Å². The molecule has 0 radical (unpaired) electrons. The van der Waals surface area contributed by atoms with Gasteiger partial charge in [0.2, 0.25) is 0 Å². The smallest absolute Gasteiger partial charge is 0.325 e. The van der Waals surface area contributed by atoms with Gasteiger partial charge in [0.1, 0.15) is 17.8 Å². The van der Waals surface area contributed by atoms with Crippen molar-refractivity contribution in [2.45, 2.75) is 37.8 Å². The number of urea groups is 1. The second-order valence-electron chi connectivity index (χ2n) is 6.50. The summed E-state index contributed by atoms with van der Waals surface area (Å²) in [6.45, 7) is 9.30. The predicted octanol–water partition coefficient (Wildman–Crippen LogP) is 3.32. The first-order valence-corrected chi connectivity index (χ1v) is 9.96. The molecule has 0 saturated carbocycles. The molecule has 0 spiro atoms. The van der Waals surface area contributed by atoms with Gasteiger partial charge in [-0.25, -0.2) is 14.8 Å². The largest absolute Gasteiger partial charge is 0.327 e. The van der Waals surface area contributed by atoms with Gasteiger partial charge in [0.25, 0.3) is 0 Å². The number of hydrogen-bond acceptors (Lipinski definition) is 5. The van der Waals surface area contributed by atoms with Crippen LogP contribution in [0.1, 0.15) is 29.6 Å². The van der Waals surface area contributed by atoms with Crippen molar-refractivity contribution in [3.63, 3.8) is 0 Å². The number of amides is 2. The van der Waals surface area contributed by atoms with Crippen molar-refractivity contribution in [1.29, 1.82) is 0 Å². The molecule has 0 bridgehead atoms. The van der Waals surface area contributed by atoms with Gasteiger partial charge in [0.15, 0.2) is 11.0 Å². The van der Waals surface area contributed by atoms with Gasteiger partial charge in [0, 0.05) is 6.54 Å². The van der Waals surface area contributed by atoms with Crippen LogP contribution in [0.15, 0.2) is 42.3 Å². The second kappa shape index (κ2) is 7.51. The number of aromatic nitrogens is 5. The molecule has 28 heavy (non-hydrogen) atoms. The fourth-order valence-corrected chi connectivity index (χ4v) is 3.92. The van der Waals surface area contributed by atoms with Crippen molar-refractivity contribution in [2.24, 2.45) is 0 Å². The lowest BCUT2D eigenvalue weighted by atomic mass is 10.1. The van der Waals surface area contributed by atoms with E-state index in [1.54, 1.807) is 4.90 Å². The number of nitrogens with one attached hydrogen (secondary N) is 2. The third-order valence-corrected chi connectivity index (χ3v) is 5.45. The van der Waals surface area contributed by atoms with Crippen LogP contribution < -0.4 is 10.2 Å². The Morgan fingerprint density at radius 1 is 1.25 bits per heavy atom. The van der Waals surface area contributed by atoms with Gasteiger partial charge in [-0.3, -0.25) is 10.00 Å². The van der Waals surface area contributed by atoms with Gasteiger partial charge in [-0.1, -0.05) is 48.2 Å². The first kappa shape index (κ1) is 18.3. The number of benzene rings is 1. The summed E-state index contributed by atoms with van der Waals surface area (Å²) in [6, 6.07) is 7.93. The van der Waals surface area contributed by atoms with Crippen LogP contribution in [0.2, 0.25) is 0 Å². The van der Waals surface area contributed by atoms with E-state index in [1.807, 2.05) is 31.2 Å². The molecule has 3 aromatic rings. The second-order valence-corrected chi connectivity index (χ2v) is 7.47. The van der Waals surface area contributed by atoms with Gasteiger partial charge in [0.05, 0.1) is 18.0 Å². The van der Waals surface area contributed by atoms with Crippen molar-refractivity contribution in [3.05, 3.63) is 59.8 Å².